The number of nitrogens with one attached hydrogen (secondary N) is 1. The number of alkyl carbamates (subject to hydrolysis) is 1. The quantitative estimate of drug-likeness (QED) is 0.775. The first kappa shape index (κ1) is 9.34. The van der Waals surface area contributed by atoms with Crippen LogP contribution in [-0.2, 0) is 4.74 Å². The molecule has 1 aliphatic heterocycles. The van der Waals surface area contributed by atoms with Gasteiger partial charge in [-0.3, -0.25) is 0 Å². The van der Waals surface area contributed by atoms with Gasteiger partial charge in [-0.2, -0.15) is 0 Å². The van der Waals surface area contributed by atoms with E-state index in [-0.39, 0.29) is 12.1 Å². The lowest BCUT2D eigenvalue weighted by molar-refractivity contribution is 0.115. The molecule has 1 aliphatic rings. The maximum absolute atomic E-state index is 11.0. The van der Waals surface area contributed by atoms with E-state index < -0.39 is 0 Å². The summed E-state index contributed by atoms with van der Waals surface area (Å²) in [5.41, 5.74) is 1.06. The fraction of sp³-hybridized carbons (Fsp3) is 0.300. The summed E-state index contributed by atoms with van der Waals surface area (Å²) in [6.45, 7) is 0.471. The number of benzene rings is 1. The first-order chi connectivity index (χ1) is 6.75. The van der Waals surface area contributed by atoms with Crippen molar-refractivity contribution < 1.29 is 9.53 Å². The average Bonchev–Trinajstić information content (AvgIpc) is 2.19. The van der Waals surface area contributed by atoms with Crippen LogP contribution in [0.5, 0.6) is 0 Å². The molecule has 1 atom stereocenters. The molecule has 0 bridgehead atoms. The number of cyclic esters (lactones) is 1. The maximum atomic E-state index is 11.0. The molecule has 1 fully saturated rings. The molecule has 74 valence electrons. The molecule has 0 aliphatic carbocycles. The third-order valence-corrected chi connectivity index (χ3v) is 2.46. The fourth-order valence-corrected chi connectivity index (χ4v) is 1.60. The van der Waals surface area contributed by atoms with E-state index >= 15 is 0 Å². The van der Waals surface area contributed by atoms with Gasteiger partial charge in [0.25, 0.3) is 0 Å². The van der Waals surface area contributed by atoms with Gasteiger partial charge in [-0.1, -0.05) is 23.7 Å². The van der Waals surface area contributed by atoms with Gasteiger partial charge in [-0.15, -0.1) is 0 Å². The minimum Gasteiger partial charge on any atom is -0.449 e. The predicted molar refractivity (Wildman–Crippen MR) is 53.3 cm³/mol. The normalized spacial score (nSPS) is 21.2. The van der Waals surface area contributed by atoms with Crippen LogP contribution in [0.2, 0.25) is 5.02 Å². The first-order valence-electron chi connectivity index (χ1n) is 4.44. The number of hydrogen-bond donors (Lipinski definition) is 1. The van der Waals surface area contributed by atoms with Gasteiger partial charge in [-0.25, -0.2) is 4.79 Å². The van der Waals surface area contributed by atoms with E-state index in [0.717, 1.165) is 12.0 Å². The van der Waals surface area contributed by atoms with Gasteiger partial charge in [0.1, 0.15) is 0 Å². The van der Waals surface area contributed by atoms with Crippen LogP contribution in [0.15, 0.2) is 24.3 Å². The van der Waals surface area contributed by atoms with Gasteiger partial charge < -0.3 is 10.1 Å². The zero-order valence-electron chi connectivity index (χ0n) is 7.50. The van der Waals surface area contributed by atoms with E-state index in [1.165, 1.54) is 0 Å². The molecule has 4 heteroatoms. The van der Waals surface area contributed by atoms with Gasteiger partial charge in [0.2, 0.25) is 0 Å². The number of ether oxygens (including phenoxy) is 1. The molecule has 1 aromatic carbocycles. The summed E-state index contributed by atoms with van der Waals surface area (Å²) in [5, 5.41) is 3.45. The summed E-state index contributed by atoms with van der Waals surface area (Å²) in [7, 11) is 0. The van der Waals surface area contributed by atoms with Crippen molar-refractivity contribution in [2.24, 2.45) is 0 Å². The first-order valence-corrected chi connectivity index (χ1v) is 4.82. The summed E-state index contributed by atoms with van der Waals surface area (Å²) in [5.74, 6) is 0. The number of carbonyl (C=O) groups excluding carboxylic acids is 1. The van der Waals surface area contributed by atoms with Crippen LogP contribution in [0.25, 0.3) is 0 Å². The lowest BCUT2D eigenvalue weighted by Gasteiger charge is -2.23. The number of rotatable bonds is 1. The molecular formula is C10H10ClNO2. The molecule has 0 saturated carbocycles. The van der Waals surface area contributed by atoms with Crippen LogP contribution in [0.3, 0.4) is 0 Å². The lowest BCUT2D eigenvalue weighted by Crippen LogP contribution is -2.35. The SMILES string of the molecule is O=C1NC(c2ccc(Cl)cc2)CCO1. The monoisotopic (exact) mass is 211 g/mol. The molecule has 1 aromatic rings. The van der Waals surface area contributed by atoms with Crippen molar-refractivity contribution in [3.05, 3.63) is 34.9 Å². The molecular weight excluding hydrogens is 202 g/mol. The zero-order valence-corrected chi connectivity index (χ0v) is 8.25. The third-order valence-electron chi connectivity index (χ3n) is 2.20. The fourth-order valence-electron chi connectivity index (χ4n) is 1.47. The Morgan fingerprint density at radius 3 is 2.71 bits per heavy atom. The van der Waals surface area contributed by atoms with Gasteiger partial charge in [0.15, 0.2) is 0 Å². The molecule has 1 amide bonds. The highest BCUT2D eigenvalue weighted by Gasteiger charge is 2.20. The predicted octanol–water partition coefficient (Wildman–Crippen LogP) is 2.51. The number of hydrogen-bond acceptors (Lipinski definition) is 2. The molecule has 2 rings (SSSR count). The minimum atomic E-state index is -0.351. The Hall–Kier alpha value is -1.22. The van der Waals surface area contributed by atoms with Crippen molar-refractivity contribution in [2.75, 3.05) is 6.61 Å². The van der Waals surface area contributed by atoms with Gasteiger partial charge >= 0.3 is 6.09 Å². The van der Waals surface area contributed by atoms with Gasteiger partial charge in [0.05, 0.1) is 12.6 Å². The van der Waals surface area contributed by atoms with Crippen molar-refractivity contribution in [1.29, 1.82) is 0 Å². The Morgan fingerprint density at radius 1 is 1.36 bits per heavy atom. The minimum absolute atomic E-state index is 0.0496. The molecule has 1 unspecified atom stereocenters. The molecule has 0 aromatic heterocycles. The second-order valence-electron chi connectivity index (χ2n) is 3.17. The Bertz CT molecular complexity index is 336. The van der Waals surface area contributed by atoms with Crippen molar-refractivity contribution in [2.45, 2.75) is 12.5 Å². The maximum Gasteiger partial charge on any atom is 0.407 e. The van der Waals surface area contributed by atoms with E-state index in [4.69, 9.17) is 16.3 Å². The van der Waals surface area contributed by atoms with E-state index in [1.807, 2.05) is 24.3 Å². The second-order valence-corrected chi connectivity index (χ2v) is 3.61. The highest BCUT2D eigenvalue weighted by molar-refractivity contribution is 6.30. The van der Waals surface area contributed by atoms with Crippen molar-refractivity contribution in [3.63, 3.8) is 0 Å². The summed E-state index contributed by atoms with van der Waals surface area (Å²) in [6, 6.07) is 7.52. The van der Waals surface area contributed by atoms with Gasteiger partial charge in [-0.05, 0) is 17.7 Å². The number of amides is 1. The molecule has 14 heavy (non-hydrogen) atoms. The highest BCUT2D eigenvalue weighted by Crippen LogP contribution is 2.21. The Labute approximate surface area is 87.0 Å². The standard InChI is InChI=1S/C10H10ClNO2/c11-8-3-1-7(2-4-8)9-5-6-14-10(13)12-9/h1-4,9H,5-6H2,(H,12,13). The zero-order chi connectivity index (χ0) is 9.97. The Morgan fingerprint density at radius 2 is 2.07 bits per heavy atom. The molecule has 3 nitrogen and oxygen atoms in total. The van der Waals surface area contributed by atoms with Crippen molar-refractivity contribution in [1.82, 2.24) is 5.32 Å². The lowest BCUT2D eigenvalue weighted by atomic mass is 10.0. The van der Waals surface area contributed by atoms with Crippen LogP contribution >= 0.6 is 11.6 Å². The topological polar surface area (TPSA) is 38.3 Å². The van der Waals surface area contributed by atoms with Crippen LogP contribution in [0.4, 0.5) is 4.79 Å². The van der Waals surface area contributed by atoms with E-state index in [1.54, 1.807) is 0 Å². The van der Waals surface area contributed by atoms with Crippen LogP contribution in [-0.4, -0.2) is 12.7 Å². The van der Waals surface area contributed by atoms with E-state index in [0.29, 0.717) is 11.6 Å². The van der Waals surface area contributed by atoms with Crippen LogP contribution in [0.1, 0.15) is 18.0 Å². The highest BCUT2D eigenvalue weighted by atomic mass is 35.5. The van der Waals surface area contributed by atoms with Crippen LogP contribution in [0, 0.1) is 0 Å². The summed E-state index contributed by atoms with van der Waals surface area (Å²) in [4.78, 5) is 11.0. The average molecular weight is 212 g/mol. The summed E-state index contributed by atoms with van der Waals surface area (Å²) < 4.78 is 4.78. The van der Waals surface area contributed by atoms with Crippen molar-refractivity contribution >= 4 is 17.7 Å². The number of carbonyl (C=O) groups is 1. The van der Waals surface area contributed by atoms with E-state index in [2.05, 4.69) is 5.32 Å². The smallest absolute Gasteiger partial charge is 0.407 e. The Balaban J connectivity index is 2.14. The summed E-state index contributed by atoms with van der Waals surface area (Å²) >= 11 is 5.77. The molecule has 1 heterocycles. The van der Waals surface area contributed by atoms with Gasteiger partial charge in [0, 0.05) is 11.4 Å². The molecule has 0 spiro atoms. The third kappa shape index (κ3) is 1.99. The molecule has 1 saturated heterocycles. The molecule has 1 N–H and O–H groups in total. The Kier molecular flexibility index (Phi) is 2.59. The second kappa shape index (κ2) is 3.88. The van der Waals surface area contributed by atoms with E-state index in [9.17, 15) is 4.79 Å². The van der Waals surface area contributed by atoms with Crippen LogP contribution < -0.4 is 5.32 Å². The largest absolute Gasteiger partial charge is 0.449 e. The number of halogens is 1. The molecule has 0 radical (unpaired) electrons. The summed E-state index contributed by atoms with van der Waals surface area (Å²) in [6.07, 6.45) is 0.448. The van der Waals surface area contributed by atoms with Crippen molar-refractivity contribution in [3.8, 4) is 0 Å².